The molecule has 0 radical (unpaired) electrons. The molecule has 6 nitrogen and oxygen atoms in total. The van der Waals surface area contributed by atoms with E-state index in [0.29, 0.717) is 22.1 Å². The number of nitrogens with one attached hydrogen (secondary N) is 2. The van der Waals surface area contributed by atoms with Crippen molar-refractivity contribution in [3.8, 4) is 5.75 Å². The Balaban J connectivity index is 1.66. The van der Waals surface area contributed by atoms with E-state index in [-0.39, 0.29) is 17.5 Å². The summed E-state index contributed by atoms with van der Waals surface area (Å²) >= 11 is 1.20. The molecule has 1 aromatic heterocycles. The van der Waals surface area contributed by atoms with Gasteiger partial charge in [-0.3, -0.25) is 14.9 Å². The number of thiazole rings is 1. The fourth-order valence-electron chi connectivity index (χ4n) is 2.59. The topological polar surface area (TPSA) is 80.3 Å². The van der Waals surface area contributed by atoms with E-state index in [1.807, 2.05) is 32.0 Å². The molecule has 0 aliphatic rings. The quantitative estimate of drug-likeness (QED) is 0.691. The molecule has 0 fully saturated rings. The van der Waals surface area contributed by atoms with E-state index < -0.39 is 0 Å². The third-order valence-electron chi connectivity index (χ3n) is 3.79. The molecule has 0 atom stereocenters. The predicted molar refractivity (Wildman–Crippen MR) is 107 cm³/mol. The summed E-state index contributed by atoms with van der Waals surface area (Å²) < 4.78 is 5.07. The maximum atomic E-state index is 12.4. The lowest BCUT2D eigenvalue weighted by Gasteiger charge is -2.06. The Morgan fingerprint density at radius 1 is 0.963 bits per heavy atom. The number of methoxy groups -OCH3 is 1. The van der Waals surface area contributed by atoms with Crippen LogP contribution in [0.1, 0.15) is 32.0 Å². The van der Waals surface area contributed by atoms with Gasteiger partial charge in [-0.1, -0.05) is 6.07 Å². The zero-order chi connectivity index (χ0) is 19.4. The summed E-state index contributed by atoms with van der Waals surface area (Å²) in [7, 11) is 1.56. The van der Waals surface area contributed by atoms with Gasteiger partial charge in [0.25, 0.3) is 11.8 Å². The minimum Gasteiger partial charge on any atom is -0.497 e. The molecule has 0 spiro atoms. The van der Waals surface area contributed by atoms with E-state index in [1.54, 1.807) is 36.8 Å². The number of amides is 2. The van der Waals surface area contributed by atoms with Crippen LogP contribution in [-0.2, 0) is 0 Å². The standard InChI is InChI=1S/C20H19N3O3S/c1-12-8-13(2)10-15(9-12)21-19(25)17-11-27-20(22-17)23-18(24)14-4-6-16(26-3)7-5-14/h4-11H,1-3H3,(H,21,25)(H,22,23,24). The molecular weight excluding hydrogens is 362 g/mol. The summed E-state index contributed by atoms with van der Waals surface area (Å²) in [4.78, 5) is 28.9. The Hall–Kier alpha value is -3.19. The highest BCUT2D eigenvalue weighted by Gasteiger charge is 2.14. The molecule has 0 bridgehead atoms. The predicted octanol–water partition coefficient (Wildman–Crippen LogP) is 4.27. The summed E-state index contributed by atoms with van der Waals surface area (Å²) in [5, 5.41) is 7.51. The number of hydrogen-bond donors (Lipinski definition) is 2. The maximum Gasteiger partial charge on any atom is 0.275 e. The zero-order valence-electron chi connectivity index (χ0n) is 15.2. The Morgan fingerprint density at radius 3 is 2.26 bits per heavy atom. The second-order valence-corrected chi connectivity index (χ2v) is 6.91. The summed E-state index contributed by atoms with van der Waals surface area (Å²) in [6, 6.07) is 12.6. The first kappa shape index (κ1) is 18.6. The minimum atomic E-state index is -0.318. The lowest BCUT2D eigenvalue weighted by molar-refractivity contribution is 0.101. The third-order valence-corrected chi connectivity index (χ3v) is 4.55. The van der Waals surface area contributed by atoms with Crippen LogP contribution >= 0.6 is 11.3 Å². The highest BCUT2D eigenvalue weighted by Crippen LogP contribution is 2.20. The van der Waals surface area contributed by atoms with Crippen LogP contribution in [0.4, 0.5) is 10.8 Å². The van der Waals surface area contributed by atoms with E-state index in [2.05, 4.69) is 15.6 Å². The van der Waals surface area contributed by atoms with Crippen molar-refractivity contribution in [2.45, 2.75) is 13.8 Å². The number of aromatic nitrogens is 1. The van der Waals surface area contributed by atoms with Gasteiger partial charge in [-0.15, -0.1) is 11.3 Å². The van der Waals surface area contributed by atoms with E-state index in [9.17, 15) is 9.59 Å². The molecule has 1 heterocycles. The van der Waals surface area contributed by atoms with Crippen molar-refractivity contribution in [2.24, 2.45) is 0 Å². The van der Waals surface area contributed by atoms with Crippen molar-refractivity contribution in [3.63, 3.8) is 0 Å². The Morgan fingerprint density at radius 2 is 1.63 bits per heavy atom. The van der Waals surface area contributed by atoms with Crippen LogP contribution in [0.25, 0.3) is 0 Å². The van der Waals surface area contributed by atoms with Crippen LogP contribution in [0.2, 0.25) is 0 Å². The molecular formula is C20H19N3O3S. The van der Waals surface area contributed by atoms with Crippen LogP contribution < -0.4 is 15.4 Å². The van der Waals surface area contributed by atoms with Gasteiger partial charge in [0.1, 0.15) is 11.4 Å². The van der Waals surface area contributed by atoms with E-state index >= 15 is 0 Å². The number of carbonyl (C=O) groups is 2. The molecule has 3 aromatic rings. The lowest BCUT2D eigenvalue weighted by Crippen LogP contribution is -2.14. The van der Waals surface area contributed by atoms with Gasteiger partial charge in [0, 0.05) is 16.6 Å². The molecule has 27 heavy (non-hydrogen) atoms. The first-order chi connectivity index (χ1) is 12.9. The van der Waals surface area contributed by atoms with Crippen LogP contribution in [0, 0.1) is 13.8 Å². The first-order valence-corrected chi connectivity index (χ1v) is 9.13. The monoisotopic (exact) mass is 381 g/mol. The minimum absolute atomic E-state index is 0.254. The van der Waals surface area contributed by atoms with Gasteiger partial charge in [-0.25, -0.2) is 4.98 Å². The van der Waals surface area contributed by atoms with Gasteiger partial charge in [0.05, 0.1) is 7.11 Å². The van der Waals surface area contributed by atoms with Crippen molar-refractivity contribution >= 4 is 34.0 Å². The summed E-state index contributed by atoms with van der Waals surface area (Å²) in [6.07, 6.45) is 0. The fraction of sp³-hybridized carbons (Fsp3) is 0.150. The molecule has 3 rings (SSSR count). The van der Waals surface area contributed by atoms with Gasteiger partial charge in [0.15, 0.2) is 5.13 Å². The molecule has 138 valence electrons. The number of carbonyl (C=O) groups excluding carboxylic acids is 2. The molecule has 2 N–H and O–H groups in total. The number of aryl methyl sites for hydroxylation is 2. The van der Waals surface area contributed by atoms with E-state index in [1.165, 1.54) is 11.3 Å². The fourth-order valence-corrected chi connectivity index (χ4v) is 3.27. The Bertz CT molecular complexity index is 960. The number of nitrogens with zero attached hydrogens (tertiary/aromatic N) is 1. The van der Waals surface area contributed by atoms with Crippen LogP contribution in [0.5, 0.6) is 5.75 Å². The Labute approximate surface area is 161 Å². The highest BCUT2D eigenvalue weighted by molar-refractivity contribution is 7.14. The molecule has 0 aliphatic heterocycles. The second kappa shape index (κ2) is 8.01. The average molecular weight is 381 g/mol. The summed E-state index contributed by atoms with van der Waals surface area (Å²) in [5.74, 6) is 0.0561. The second-order valence-electron chi connectivity index (χ2n) is 6.05. The molecule has 0 saturated heterocycles. The molecule has 7 heteroatoms. The third kappa shape index (κ3) is 4.71. The van der Waals surface area contributed by atoms with Crippen molar-refractivity contribution in [3.05, 3.63) is 70.2 Å². The average Bonchev–Trinajstić information content (AvgIpc) is 3.09. The molecule has 2 aromatic carbocycles. The van der Waals surface area contributed by atoms with Crippen molar-refractivity contribution in [2.75, 3.05) is 17.7 Å². The smallest absolute Gasteiger partial charge is 0.275 e. The normalized spacial score (nSPS) is 10.3. The van der Waals surface area contributed by atoms with Gasteiger partial charge >= 0.3 is 0 Å². The summed E-state index contributed by atoms with van der Waals surface area (Å²) in [6.45, 7) is 3.94. The van der Waals surface area contributed by atoms with Crippen LogP contribution in [-0.4, -0.2) is 23.9 Å². The van der Waals surface area contributed by atoms with Crippen molar-refractivity contribution in [1.29, 1.82) is 0 Å². The number of ether oxygens (including phenoxy) is 1. The van der Waals surface area contributed by atoms with Gasteiger partial charge < -0.3 is 10.1 Å². The number of anilines is 2. The molecule has 0 unspecified atom stereocenters. The van der Waals surface area contributed by atoms with E-state index in [4.69, 9.17) is 4.74 Å². The molecule has 2 amide bonds. The number of rotatable bonds is 5. The van der Waals surface area contributed by atoms with Crippen molar-refractivity contribution in [1.82, 2.24) is 4.98 Å². The van der Waals surface area contributed by atoms with Crippen molar-refractivity contribution < 1.29 is 14.3 Å². The largest absolute Gasteiger partial charge is 0.497 e. The Kier molecular flexibility index (Phi) is 5.52. The van der Waals surface area contributed by atoms with Gasteiger partial charge in [-0.05, 0) is 61.4 Å². The SMILES string of the molecule is COc1ccc(C(=O)Nc2nc(C(=O)Nc3cc(C)cc(C)c3)cs2)cc1. The van der Waals surface area contributed by atoms with Crippen LogP contribution in [0.3, 0.4) is 0 Å². The molecule has 0 saturated carbocycles. The van der Waals surface area contributed by atoms with E-state index in [0.717, 1.165) is 11.1 Å². The zero-order valence-corrected chi connectivity index (χ0v) is 16.0. The number of hydrogen-bond acceptors (Lipinski definition) is 5. The van der Waals surface area contributed by atoms with Gasteiger partial charge in [0.2, 0.25) is 0 Å². The summed E-state index contributed by atoms with van der Waals surface area (Å²) in [5.41, 5.74) is 3.58. The number of benzene rings is 2. The van der Waals surface area contributed by atoms with Gasteiger partial charge in [-0.2, -0.15) is 0 Å². The van der Waals surface area contributed by atoms with Crippen LogP contribution in [0.15, 0.2) is 47.8 Å². The highest BCUT2D eigenvalue weighted by atomic mass is 32.1. The molecule has 0 aliphatic carbocycles. The maximum absolute atomic E-state index is 12.4. The lowest BCUT2D eigenvalue weighted by atomic mass is 10.1. The first-order valence-electron chi connectivity index (χ1n) is 8.25.